The molecule has 2 aromatic carbocycles. The third-order valence-corrected chi connectivity index (χ3v) is 5.40. The van der Waals surface area contributed by atoms with Gasteiger partial charge in [-0.15, -0.1) is 0 Å². The quantitative estimate of drug-likeness (QED) is 0.654. The molecule has 0 radical (unpaired) electrons. The lowest BCUT2D eigenvalue weighted by atomic mass is 10.0. The van der Waals surface area contributed by atoms with Gasteiger partial charge in [0.25, 0.3) is 0 Å². The first kappa shape index (κ1) is 20.8. The van der Waals surface area contributed by atoms with Crippen LogP contribution in [-0.4, -0.2) is 54.5 Å². The molecule has 0 unspecified atom stereocenters. The van der Waals surface area contributed by atoms with Crippen LogP contribution in [0.15, 0.2) is 48.7 Å². The number of carbonyl (C=O) groups is 1. The Morgan fingerprint density at radius 1 is 1.16 bits per heavy atom. The zero-order valence-electron chi connectivity index (χ0n) is 17.7. The van der Waals surface area contributed by atoms with Gasteiger partial charge >= 0.3 is 5.97 Å². The number of aromatic nitrogens is 2. The van der Waals surface area contributed by atoms with Crippen molar-refractivity contribution < 1.29 is 19.4 Å². The second-order valence-electron chi connectivity index (χ2n) is 7.48. The van der Waals surface area contributed by atoms with Gasteiger partial charge in [0.2, 0.25) is 0 Å². The minimum atomic E-state index is -1.02. The minimum absolute atomic E-state index is 0.124. The molecule has 1 aromatic heterocycles. The van der Waals surface area contributed by atoms with Gasteiger partial charge in [-0.2, -0.15) is 0 Å². The summed E-state index contributed by atoms with van der Waals surface area (Å²) in [4.78, 5) is 22.9. The number of nitrogens with zero attached hydrogens (tertiary/aromatic N) is 3. The number of morpholine rings is 1. The molecule has 7 heteroatoms. The monoisotopic (exact) mass is 419 g/mol. The second-order valence-corrected chi connectivity index (χ2v) is 7.48. The van der Waals surface area contributed by atoms with Crippen LogP contribution in [0.3, 0.4) is 0 Å². The van der Waals surface area contributed by atoms with Gasteiger partial charge in [0.05, 0.1) is 26.0 Å². The van der Waals surface area contributed by atoms with Gasteiger partial charge in [-0.05, 0) is 42.3 Å². The van der Waals surface area contributed by atoms with Crippen molar-refractivity contribution in [3.63, 3.8) is 0 Å². The smallest absolute Gasteiger partial charge is 0.339 e. The molecular formula is C24H25N3O4. The van der Waals surface area contributed by atoms with E-state index in [2.05, 4.69) is 34.1 Å². The van der Waals surface area contributed by atoms with E-state index < -0.39 is 5.97 Å². The fourth-order valence-corrected chi connectivity index (χ4v) is 3.70. The van der Waals surface area contributed by atoms with Gasteiger partial charge in [-0.25, -0.2) is 14.8 Å². The number of carboxylic acid groups (broad SMARTS) is 1. The fourth-order valence-electron chi connectivity index (χ4n) is 3.70. The molecule has 1 N–H and O–H groups in total. The molecule has 0 amide bonds. The maximum Gasteiger partial charge on any atom is 0.339 e. The largest absolute Gasteiger partial charge is 0.496 e. The molecule has 4 rings (SSSR count). The molecule has 1 saturated heterocycles. The highest BCUT2D eigenvalue weighted by Crippen LogP contribution is 2.28. The van der Waals surface area contributed by atoms with Gasteiger partial charge in [0.1, 0.15) is 17.1 Å². The number of benzene rings is 2. The highest BCUT2D eigenvalue weighted by atomic mass is 16.5. The lowest BCUT2D eigenvalue weighted by molar-refractivity contribution is 0.0693. The predicted molar refractivity (Wildman–Crippen MR) is 118 cm³/mol. The number of aromatic carboxylic acids is 1. The van der Waals surface area contributed by atoms with E-state index in [0.717, 1.165) is 48.7 Å². The van der Waals surface area contributed by atoms with E-state index in [4.69, 9.17) is 14.5 Å². The molecule has 3 aromatic rings. The van der Waals surface area contributed by atoms with Crippen LogP contribution in [0.5, 0.6) is 5.75 Å². The summed E-state index contributed by atoms with van der Waals surface area (Å²) >= 11 is 0. The first-order valence-corrected chi connectivity index (χ1v) is 10.2. The lowest BCUT2D eigenvalue weighted by Gasteiger charge is -2.28. The average molecular weight is 419 g/mol. The summed E-state index contributed by atoms with van der Waals surface area (Å²) in [5.41, 5.74) is 4.93. The number of rotatable bonds is 6. The highest BCUT2D eigenvalue weighted by Gasteiger charge is 2.15. The summed E-state index contributed by atoms with van der Waals surface area (Å²) in [6, 6.07) is 13.5. The van der Waals surface area contributed by atoms with Crippen molar-refractivity contribution in [2.45, 2.75) is 13.3 Å². The van der Waals surface area contributed by atoms with Crippen molar-refractivity contribution >= 4 is 11.7 Å². The summed E-state index contributed by atoms with van der Waals surface area (Å²) in [6.45, 7) is 5.29. The van der Waals surface area contributed by atoms with Crippen LogP contribution in [-0.2, 0) is 11.2 Å². The highest BCUT2D eigenvalue weighted by molar-refractivity contribution is 5.92. The van der Waals surface area contributed by atoms with Crippen molar-refractivity contribution in [1.82, 2.24) is 9.97 Å². The van der Waals surface area contributed by atoms with Crippen molar-refractivity contribution in [2.75, 3.05) is 38.3 Å². The topological polar surface area (TPSA) is 84.8 Å². The van der Waals surface area contributed by atoms with Crippen LogP contribution < -0.4 is 9.64 Å². The molecule has 7 nitrogen and oxygen atoms in total. The molecule has 1 fully saturated rings. The van der Waals surface area contributed by atoms with Crippen LogP contribution in [0.2, 0.25) is 0 Å². The average Bonchev–Trinajstić information content (AvgIpc) is 2.81. The van der Waals surface area contributed by atoms with Crippen LogP contribution in [0, 0.1) is 6.92 Å². The normalized spacial score (nSPS) is 13.8. The molecule has 0 aliphatic carbocycles. The molecule has 0 saturated carbocycles. The zero-order chi connectivity index (χ0) is 21.8. The molecule has 0 bridgehead atoms. The number of anilines is 1. The Morgan fingerprint density at radius 3 is 2.58 bits per heavy atom. The van der Waals surface area contributed by atoms with E-state index in [9.17, 15) is 9.90 Å². The predicted octanol–water partition coefficient (Wildman–Crippen LogP) is 3.59. The number of hydrogen-bond donors (Lipinski definition) is 1. The van der Waals surface area contributed by atoms with Crippen molar-refractivity contribution in [3.8, 4) is 17.0 Å². The Bertz CT molecular complexity index is 1080. The number of hydrogen-bond acceptors (Lipinski definition) is 6. The molecule has 2 heterocycles. The first-order chi connectivity index (χ1) is 15.0. The maximum atomic E-state index is 11.4. The molecule has 0 spiro atoms. The summed E-state index contributed by atoms with van der Waals surface area (Å²) < 4.78 is 10.7. The first-order valence-electron chi connectivity index (χ1n) is 10.2. The van der Waals surface area contributed by atoms with Crippen molar-refractivity contribution in [3.05, 3.63) is 71.2 Å². The molecule has 1 aliphatic rings. The van der Waals surface area contributed by atoms with Crippen LogP contribution in [0.25, 0.3) is 11.3 Å². The third kappa shape index (κ3) is 4.67. The van der Waals surface area contributed by atoms with E-state index in [1.54, 1.807) is 24.4 Å². The summed E-state index contributed by atoms with van der Waals surface area (Å²) in [5.74, 6) is -0.00621. The van der Waals surface area contributed by atoms with E-state index >= 15 is 0 Å². The molecular weight excluding hydrogens is 394 g/mol. The Morgan fingerprint density at radius 2 is 1.90 bits per heavy atom. The van der Waals surface area contributed by atoms with Gasteiger partial charge < -0.3 is 19.5 Å². The molecule has 160 valence electrons. The third-order valence-electron chi connectivity index (χ3n) is 5.40. The summed E-state index contributed by atoms with van der Waals surface area (Å²) in [5, 5.41) is 9.31. The standard InChI is InChI=1S/C24H25N3O4/c1-16-15-25-22(13-17-3-6-19(7-4-17)27-9-11-31-12-10-27)26-23(16)18-5-8-20(24(28)29)21(14-18)30-2/h3-8,14-15H,9-13H2,1-2H3,(H,28,29). The molecule has 1 aliphatic heterocycles. The summed E-state index contributed by atoms with van der Waals surface area (Å²) in [6.07, 6.45) is 2.42. The Labute approximate surface area is 181 Å². The number of aryl methyl sites for hydroxylation is 1. The van der Waals surface area contributed by atoms with Crippen LogP contribution >= 0.6 is 0 Å². The Hall–Kier alpha value is -3.45. The number of methoxy groups -OCH3 is 1. The van der Waals surface area contributed by atoms with Gasteiger partial charge in [0, 0.05) is 37.0 Å². The van der Waals surface area contributed by atoms with Gasteiger partial charge in [0.15, 0.2) is 0 Å². The number of carboxylic acids is 1. The zero-order valence-corrected chi connectivity index (χ0v) is 17.7. The van der Waals surface area contributed by atoms with E-state index in [-0.39, 0.29) is 5.56 Å². The summed E-state index contributed by atoms with van der Waals surface area (Å²) in [7, 11) is 1.46. The van der Waals surface area contributed by atoms with Crippen LogP contribution in [0.4, 0.5) is 5.69 Å². The van der Waals surface area contributed by atoms with E-state index in [1.165, 1.54) is 12.8 Å². The van der Waals surface area contributed by atoms with E-state index in [0.29, 0.717) is 18.0 Å². The SMILES string of the molecule is COc1cc(-c2nc(Cc3ccc(N4CCOCC4)cc3)ncc2C)ccc1C(=O)O. The Balaban J connectivity index is 1.56. The second kappa shape index (κ2) is 9.14. The van der Waals surface area contributed by atoms with Gasteiger partial charge in [-0.3, -0.25) is 0 Å². The van der Waals surface area contributed by atoms with Crippen molar-refractivity contribution in [2.24, 2.45) is 0 Å². The lowest BCUT2D eigenvalue weighted by Crippen LogP contribution is -2.36. The van der Waals surface area contributed by atoms with Crippen LogP contribution in [0.1, 0.15) is 27.3 Å². The fraction of sp³-hybridized carbons (Fsp3) is 0.292. The maximum absolute atomic E-state index is 11.4. The molecule has 0 atom stereocenters. The Kier molecular flexibility index (Phi) is 6.13. The minimum Gasteiger partial charge on any atom is -0.496 e. The van der Waals surface area contributed by atoms with Crippen molar-refractivity contribution in [1.29, 1.82) is 0 Å². The molecule has 31 heavy (non-hydrogen) atoms. The van der Waals surface area contributed by atoms with E-state index in [1.807, 2.05) is 6.92 Å². The van der Waals surface area contributed by atoms with Gasteiger partial charge in [-0.1, -0.05) is 18.2 Å². The number of ether oxygens (including phenoxy) is 2.